The van der Waals surface area contributed by atoms with Gasteiger partial charge in [0, 0.05) is 23.7 Å². The van der Waals surface area contributed by atoms with E-state index < -0.39 is 22.0 Å². The lowest BCUT2D eigenvalue weighted by Crippen LogP contribution is -2.44. The van der Waals surface area contributed by atoms with Crippen molar-refractivity contribution in [1.29, 1.82) is 0 Å². The Morgan fingerprint density at radius 3 is 2.19 bits per heavy atom. The first-order chi connectivity index (χ1) is 20.1. The van der Waals surface area contributed by atoms with Gasteiger partial charge in [-0.25, -0.2) is 8.42 Å². The fourth-order valence-electron chi connectivity index (χ4n) is 4.54. The van der Waals surface area contributed by atoms with Crippen LogP contribution in [0.25, 0.3) is 28.2 Å². The standard InChI is InChI=1S/C32H34N2O7S/c1-20(2)29(32(36)40-5)34-42(37,38)26-17-13-23(14-18-26)22-11-15-25(16-12-22)33-31(35)30-21(3)28-24(9-7-19-39-4)8-6-10-27(28)41-30/h6-18,20,29,34H,19H2,1-5H3,(H,33,35)/b9-7-. The SMILES string of the molecule is COC/C=C\c1cccc2oc(C(=O)Nc3ccc(-c4ccc(S(=O)(=O)NC(C(=O)OC)C(C)C)cc4)cc3)c(C)c12. The van der Waals surface area contributed by atoms with Gasteiger partial charge in [-0.2, -0.15) is 4.72 Å². The molecule has 2 N–H and O–H groups in total. The van der Waals surface area contributed by atoms with Crippen molar-refractivity contribution in [3.8, 4) is 11.1 Å². The van der Waals surface area contributed by atoms with Crippen LogP contribution in [-0.4, -0.2) is 47.2 Å². The number of esters is 1. The molecule has 3 aromatic carbocycles. The fourth-order valence-corrected chi connectivity index (χ4v) is 5.87. The summed E-state index contributed by atoms with van der Waals surface area (Å²) in [5, 5.41) is 3.76. The number of hydrogen-bond donors (Lipinski definition) is 2. The molecule has 1 aromatic heterocycles. The van der Waals surface area contributed by atoms with Crippen LogP contribution in [0.3, 0.4) is 0 Å². The first-order valence-electron chi connectivity index (χ1n) is 13.3. The number of carbonyl (C=O) groups excluding carboxylic acids is 2. The predicted octanol–water partition coefficient (Wildman–Crippen LogP) is 5.80. The first kappa shape index (κ1) is 30.7. The zero-order valence-electron chi connectivity index (χ0n) is 24.1. The highest BCUT2D eigenvalue weighted by Gasteiger charge is 2.29. The van der Waals surface area contributed by atoms with Crippen LogP contribution >= 0.6 is 0 Å². The Hall–Kier alpha value is -4.25. The first-order valence-corrected chi connectivity index (χ1v) is 14.8. The molecule has 0 saturated carbocycles. The van der Waals surface area contributed by atoms with Crippen LogP contribution in [0.1, 0.15) is 35.5 Å². The lowest BCUT2D eigenvalue weighted by molar-refractivity contribution is -0.143. The van der Waals surface area contributed by atoms with Crippen LogP contribution in [0.5, 0.6) is 0 Å². The van der Waals surface area contributed by atoms with Crippen LogP contribution in [-0.2, 0) is 24.3 Å². The summed E-state index contributed by atoms with van der Waals surface area (Å²) in [6.45, 7) is 5.80. The molecule has 0 fully saturated rings. The summed E-state index contributed by atoms with van der Waals surface area (Å²) in [7, 11) is -1.10. The third-order valence-corrected chi connectivity index (χ3v) is 8.25. The normalized spacial score (nSPS) is 12.6. The van der Waals surface area contributed by atoms with E-state index in [-0.39, 0.29) is 22.5 Å². The number of ether oxygens (including phenoxy) is 2. The van der Waals surface area contributed by atoms with E-state index in [4.69, 9.17) is 13.9 Å². The van der Waals surface area contributed by atoms with Crippen molar-refractivity contribution < 1.29 is 31.9 Å². The number of furan rings is 1. The second-order valence-corrected chi connectivity index (χ2v) is 11.8. The molecule has 0 radical (unpaired) electrons. The van der Waals surface area contributed by atoms with Crippen molar-refractivity contribution in [3.63, 3.8) is 0 Å². The average molecular weight is 591 g/mol. The molecule has 220 valence electrons. The summed E-state index contributed by atoms with van der Waals surface area (Å²) >= 11 is 0. The number of amides is 1. The van der Waals surface area contributed by atoms with Crippen LogP contribution in [0, 0.1) is 12.8 Å². The van der Waals surface area contributed by atoms with Gasteiger partial charge in [-0.15, -0.1) is 0 Å². The van der Waals surface area contributed by atoms with Gasteiger partial charge in [0.15, 0.2) is 5.76 Å². The summed E-state index contributed by atoms with van der Waals surface area (Å²) in [5.41, 5.74) is 4.49. The molecule has 1 heterocycles. The number of sulfonamides is 1. The van der Waals surface area contributed by atoms with Gasteiger partial charge in [0.05, 0.1) is 18.6 Å². The number of benzene rings is 3. The minimum absolute atomic E-state index is 0.0308. The summed E-state index contributed by atoms with van der Waals surface area (Å²) < 4.78 is 43.9. The van der Waals surface area contributed by atoms with Crippen molar-refractivity contribution >= 4 is 44.6 Å². The van der Waals surface area contributed by atoms with E-state index in [1.54, 1.807) is 45.2 Å². The Bertz CT molecular complexity index is 1700. The van der Waals surface area contributed by atoms with E-state index in [9.17, 15) is 18.0 Å². The minimum atomic E-state index is -3.94. The zero-order valence-corrected chi connectivity index (χ0v) is 24.9. The molecule has 4 aromatic rings. The van der Waals surface area contributed by atoms with Gasteiger partial charge < -0.3 is 19.2 Å². The molecule has 9 nitrogen and oxygen atoms in total. The Kier molecular flexibility index (Phi) is 9.62. The number of carbonyl (C=O) groups is 2. The lowest BCUT2D eigenvalue weighted by atomic mass is 10.0. The molecule has 1 amide bonds. The number of aryl methyl sites for hydroxylation is 1. The van der Waals surface area contributed by atoms with Crippen LogP contribution in [0.15, 0.2) is 82.1 Å². The van der Waals surface area contributed by atoms with Crippen LogP contribution < -0.4 is 10.0 Å². The van der Waals surface area contributed by atoms with Crippen molar-refractivity contribution in [2.24, 2.45) is 5.92 Å². The Balaban J connectivity index is 1.48. The van der Waals surface area contributed by atoms with Gasteiger partial charge in [-0.05, 0) is 59.9 Å². The van der Waals surface area contributed by atoms with Crippen molar-refractivity contribution in [2.45, 2.75) is 31.7 Å². The molecule has 10 heteroatoms. The molecule has 0 saturated heterocycles. The van der Waals surface area contributed by atoms with Gasteiger partial charge in [0.2, 0.25) is 10.0 Å². The maximum absolute atomic E-state index is 13.1. The molecular weight excluding hydrogens is 556 g/mol. The topological polar surface area (TPSA) is 124 Å². The summed E-state index contributed by atoms with van der Waals surface area (Å²) in [4.78, 5) is 25.1. The van der Waals surface area contributed by atoms with E-state index in [1.807, 2.05) is 49.4 Å². The molecule has 1 atom stereocenters. The molecule has 4 rings (SSSR count). The number of anilines is 1. The second-order valence-electron chi connectivity index (χ2n) is 10.1. The van der Waals surface area contributed by atoms with Crippen molar-refractivity contribution in [3.05, 3.63) is 89.7 Å². The molecule has 1 unspecified atom stereocenters. The predicted molar refractivity (Wildman–Crippen MR) is 163 cm³/mol. The van der Waals surface area contributed by atoms with Gasteiger partial charge in [-0.3, -0.25) is 9.59 Å². The van der Waals surface area contributed by atoms with Gasteiger partial charge in [-0.1, -0.05) is 62.4 Å². The van der Waals surface area contributed by atoms with E-state index in [0.717, 1.165) is 27.6 Å². The van der Waals surface area contributed by atoms with E-state index in [0.29, 0.717) is 17.9 Å². The third-order valence-electron chi connectivity index (χ3n) is 6.80. The average Bonchev–Trinajstić information content (AvgIpc) is 3.33. The minimum Gasteiger partial charge on any atom is -0.468 e. The fraction of sp³-hybridized carbons (Fsp3) is 0.250. The molecule has 42 heavy (non-hydrogen) atoms. The number of nitrogens with one attached hydrogen (secondary N) is 2. The van der Waals surface area contributed by atoms with Crippen LogP contribution in [0.2, 0.25) is 0 Å². The Labute approximate surface area is 245 Å². The number of methoxy groups -OCH3 is 2. The van der Waals surface area contributed by atoms with E-state index in [2.05, 4.69) is 10.0 Å². The van der Waals surface area contributed by atoms with Gasteiger partial charge in [0.25, 0.3) is 5.91 Å². The largest absolute Gasteiger partial charge is 0.468 e. The number of hydrogen-bond acceptors (Lipinski definition) is 7. The maximum Gasteiger partial charge on any atom is 0.324 e. The molecule has 0 aliphatic heterocycles. The zero-order chi connectivity index (χ0) is 30.4. The molecule has 0 spiro atoms. The molecule has 0 aliphatic carbocycles. The quantitative estimate of drug-likeness (QED) is 0.212. The maximum atomic E-state index is 13.1. The van der Waals surface area contributed by atoms with Gasteiger partial charge in [0.1, 0.15) is 11.6 Å². The second kappa shape index (κ2) is 13.2. The number of fused-ring (bicyclic) bond motifs is 1. The highest BCUT2D eigenvalue weighted by Crippen LogP contribution is 2.30. The Morgan fingerprint density at radius 2 is 1.60 bits per heavy atom. The highest BCUT2D eigenvalue weighted by molar-refractivity contribution is 7.89. The Morgan fingerprint density at radius 1 is 0.952 bits per heavy atom. The van der Waals surface area contributed by atoms with Crippen molar-refractivity contribution in [2.75, 3.05) is 26.1 Å². The van der Waals surface area contributed by atoms with E-state index >= 15 is 0 Å². The third kappa shape index (κ3) is 6.79. The summed E-state index contributed by atoms with van der Waals surface area (Å²) in [6, 6.07) is 18.2. The lowest BCUT2D eigenvalue weighted by Gasteiger charge is -2.19. The summed E-state index contributed by atoms with van der Waals surface area (Å²) in [6.07, 6.45) is 3.84. The van der Waals surface area contributed by atoms with Crippen molar-refractivity contribution in [1.82, 2.24) is 4.72 Å². The molecule has 0 aliphatic rings. The van der Waals surface area contributed by atoms with Crippen LogP contribution in [0.4, 0.5) is 5.69 Å². The molecular formula is C32H34N2O7S. The smallest absolute Gasteiger partial charge is 0.324 e. The summed E-state index contributed by atoms with van der Waals surface area (Å²) in [5.74, 6) is -1.06. The van der Waals surface area contributed by atoms with E-state index in [1.165, 1.54) is 19.2 Å². The van der Waals surface area contributed by atoms with Gasteiger partial charge >= 0.3 is 5.97 Å². The highest BCUT2D eigenvalue weighted by atomic mass is 32.2. The molecule has 0 bridgehead atoms. The number of rotatable bonds is 11. The monoisotopic (exact) mass is 590 g/mol.